The topological polar surface area (TPSA) is 46.5 Å². The van der Waals surface area contributed by atoms with Gasteiger partial charge in [0.25, 0.3) is 0 Å². The van der Waals surface area contributed by atoms with E-state index in [4.69, 9.17) is 4.74 Å². The zero-order chi connectivity index (χ0) is 12.9. The fraction of sp³-hybridized carbons (Fsp3) is 0.929. The van der Waals surface area contributed by atoms with Gasteiger partial charge in [-0.15, -0.1) is 0 Å². The summed E-state index contributed by atoms with van der Waals surface area (Å²) < 4.78 is 5.51. The van der Waals surface area contributed by atoms with Gasteiger partial charge in [-0.2, -0.15) is 0 Å². The van der Waals surface area contributed by atoms with Crippen LogP contribution in [0.25, 0.3) is 0 Å². The van der Waals surface area contributed by atoms with Crippen molar-refractivity contribution in [2.24, 2.45) is 11.3 Å². The van der Waals surface area contributed by atoms with Gasteiger partial charge in [0.15, 0.2) is 0 Å². The lowest BCUT2D eigenvalue weighted by atomic mass is 9.68. The second kappa shape index (κ2) is 6.39. The lowest BCUT2D eigenvalue weighted by Crippen LogP contribution is -2.36. The third-order valence-corrected chi connectivity index (χ3v) is 4.13. The first-order valence-electron chi connectivity index (χ1n) is 6.85. The molecule has 1 fully saturated rings. The van der Waals surface area contributed by atoms with Crippen molar-refractivity contribution in [3.05, 3.63) is 0 Å². The first-order valence-corrected chi connectivity index (χ1v) is 6.85. The minimum atomic E-state index is -0.626. The average molecular weight is 242 g/mol. The van der Waals surface area contributed by atoms with Crippen LogP contribution >= 0.6 is 0 Å². The summed E-state index contributed by atoms with van der Waals surface area (Å²) in [5.41, 5.74) is -0.513. The molecule has 1 aliphatic rings. The van der Waals surface area contributed by atoms with Gasteiger partial charge in [0.2, 0.25) is 0 Å². The maximum Gasteiger partial charge on any atom is 0.309 e. The van der Waals surface area contributed by atoms with E-state index in [-0.39, 0.29) is 6.10 Å². The van der Waals surface area contributed by atoms with Crippen LogP contribution in [0.3, 0.4) is 0 Å². The Bertz CT molecular complexity index is 240. The third-order valence-electron chi connectivity index (χ3n) is 4.13. The highest BCUT2D eigenvalue weighted by Crippen LogP contribution is 2.42. The van der Waals surface area contributed by atoms with Gasteiger partial charge in [-0.3, -0.25) is 4.79 Å². The zero-order valence-electron chi connectivity index (χ0n) is 11.4. The van der Waals surface area contributed by atoms with Crippen molar-refractivity contribution in [3.63, 3.8) is 0 Å². The van der Waals surface area contributed by atoms with Gasteiger partial charge in [0.1, 0.15) is 0 Å². The average Bonchev–Trinajstić information content (AvgIpc) is 2.29. The lowest BCUT2D eigenvalue weighted by Gasteiger charge is -2.36. The van der Waals surface area contributed by atoms with Crippen LogP contribution in [0.15, 0.2) is 0 Å². The van der Waals surface area contributed by atoms with E-state index in [0.717, 1.165) is 31.6 Å². The van der Waals surface area contributed by atoms with E-state index >= 15 is 0 Å². The minimum Gasteiger partial charge on any atom is -0.481 e. The largest absolute Gasteiger partial charge is 0.481 e. The molecule has 17 heavy (non-hydrogen) atoms. The lowest BCUT2D eigenvalue weighted by molar-refractivity contribution is -0.153. The van der Waals surface area contributed by atoms with Gasteiger partial charge in [-0.05, 0) is 51.9 Å². The summed E-state index contributed by atoms with van der Waals surface area (Å²) in [5.74, 6) is 0.105. The van der Waals surface area contributed by atoms with Crippen LogP contribution in [0.1, 0.15) is 59.3 Å². The van der Waals surface area contributed by atoms with Crippen LogP contribution in [0.4, 0.5) is 0 Å². The number of aliphatic carboxylic acids is 1. The SMILES string of the molecule is CCC1CCC(CCOC(C)C)(C(=O)O)CC1. The Morgan fingerprint density at radius 1 is 1.41 bits per heavy atom. The molecule has 0 heterocycles. The Morgan fingerprint density at radius 2 is 2.00 bits per heavy atom. The molecule has 0 bridgehead atoms. The number of ether oxygens (including phenoxy) is 1. The number of carboxylic acids is 1. The highest BCUT2D eigenvalue weighted by Gasteiger charge is 2.41. The molecule has 1 rings (SSSR count). The van der Waals surface area contributed by atoms with Crippen molar-refractivity contribution in [1.82, 2.24) is 0 Å². The zero-order valence-corrected chi connectivity index (χ0v) is 11.4. The maximum absolute atomic E-state index is 11.5. The summed E-state index contributed by atoms with van der Waals surface area (Å²) in [7, 11) is 0. The van der Waals surface area contributed by atoms with Crippen molar-refractivity contribution in [2.75, 3.05) is 6.61 Å². The number of hydrogen-bond acceptors (Lipinski definition) is 2. The number of hydrogen-bond donors (Lipinski definition) is 1. The Hall–Kier alpha value is -0.570. The number of carbonyl (C=O) groups is 1. The van der Waals surface area contributed by atoms with Gasteiger partial charge >= 0.3 is 5.97 Å². The van der Waals surface area contributed by atoms with Crippen LogP contribution in [0.2, 0.25) is 0 Å². The summed E-state index contributed by atoms with van der Waals surface area (Å²) in [5, 5.41) is 9.46. The molecule has 0 aromatic heterocycles. The highest BCUT2D eigenvalue weighted by atomic mass is 16.5. The van der Waals surface area contributed by atoms with Crippen molar-refractivity contribution in [2.45, 2.75) is 65.4 Å². The molecule has 0 amide bonds. The summed E-state index contributed by atoms with van der Waals surface area (Å²) in [6.07, 6.45) is 5.79. The molecule has 3 heteroatoms. The van der Waals surface area contributed by atoms with Crippen LogP contribution < -0.4 is 0 Å². The summed E-state index contributed by atoms with van der Waals surface area (Å²) >= 11 is 0. The van der Waals surface area contributed by atoms with Crippen LogP contribution in [-0.4, -0.2) is 23.8 Å². The van der Waals surface area contributed by atoms with Gasteiger partial charge in [-0.1, -0.05) is 13.3 Å². The fourth-order valence-electron chi connectivity index (χ4n) is 2.70. The minimum absolute atomic E-state index is 0.188. The van der Waals surface area contributed by atoms with E-state index in [1.54, 1.807) is 0 Å². The van der Waals surface area contributed by atoms with Crippen molar-refractivity contribution in [1.29, 1.82) is 0 Å². The third kappa shape index (κ3) is 3.98. The molecule has 0 aliphatic heterocycles. The molecule has 1 aliphatic carbocycles. The first kappa shape index (κ1) is 14.5. The predicted molar refractivity (Wildman–Crippen MR) is 68.0 cm³/mol. The highest BCUT2D eigenvalue weighted by molar-refractivity contribution is 5.74. The Morgan fingerprint density at radius 3 is 2.41 bits per heavy atom. The molecule has 1 saturated carbocycles. The summed E-state index contributed by atoms with van der Waals surface area (Å²) in [6.45, 7) is 6.74. The molecule has 0 aromatic rings. The van der Waals surface area contributed by atoms with Gasteiger partial charge in [-0.25, -0.2) is 0 Å². The molecule has 3 nitrogen and oxygen atoms in total. The Labute approximate surface area is 105 Å². The normalized spacial score (nSPS) is 29.5. The quantitative estimate of drug-likeness (QED) is 0.775. The second-order valence-electron chi connectivity index (χ2n) is 5.61. The molecule has 0 saturated heterocycles. The number of rotatable bonds is 6. The molecule has 100 valence electrons. The molecule has 1 N–H and O–H groups in total. The monoisotopic (exact) mass is 242 g/mol. The van der Waals surface area contributed by atoms with Gasteiger partial charge in [0, 0.05) is 6.61 Å². The maximum atomic E-state index is 11.5. The molecular weight excluding hydrogens is 216 g/mol. The van der Waals surface area contributed by atoms with E-state index in [2.05, 4.69) is 6.92 Å². The molecule has 0 radical (unpaired) electrons. The van der Waals surface area contributed by atoms with E-state index in [0.29, 0.717) is 13.0 Å². The van der Waals surface area contributed by atoms with Gasteiger partial charge in [0.05, 0.1) is 11.5 Å². The summed E-state index contributed by atoms with van der Waals surface area (Å²) in [6, 6.07) is 0. The second-order valence-corrected chi connectivity index (χ2v) is 5.61. The molecule has 0 unspecified atom stereocenters. The van der Waals surface area contributed by atoms with E-state index in [1.807, 2.05) is 13.8 Å². The van der Waals surface area contributed by atoms with E-state index in [9.17, 15) is 9.90 Å². The smallest absolute Gasteiger partial charge is 0.309 e. The van der Waals surface area contributed by atoms with Gasteiger partial charge < -0.3 is 9.84 Å². The molecule has 0 spiro atoms. The van der Waals surface area contributed by atoms with Crippen LogP contribution in [0.5, 0.6) is 0 Å². The standard InChI is InChI=1S/C14H26O3/c1-4-12-5-7-14(8-6-12,13(15)16)9-10-17-11(2)3/h11-12H,4-10H2,1-3H3,(H,15,16). The van der Waals surface area contributed by atoms with Crippen molar-refractivity contribution in [3.8, 4) is 0 Å². The predicted octanol–water partition coefficient (Wildman–Crippen LogP) is 3.47. The molecule has 0 atom stereocenters. The van der Waals surface area contributed by atoms with Crippen molar-refractivity contribution < 1.29 is 14.6 Å². The van der Waals surface area contributed by atoms with Crippen molar-refractivity contribution >= 4 is 5.97 Å². The van der Waals surface area contributed by atoms with Crippen LogP contribution in [0, 0.1) is 11.3 Å². The molecular formula is C14H26O3. The Balaban J connectivity index is 2.50. The van der Waals surface area contributed by atoms with E-state index in [1.165, 1.54) is 6.42 Å². The fourth-order valence-corrected chi connectivity index (χ4v) is 2.70. The Kier molecular flexibility index (Phi) is 5.44. The first-order chi connectivity index (χ1) is 8.00. The molecule has 0 aromatic carbocycles. The van der Waals surface area contributed by atoms with E-state index < -0.39 is 11.4 Å². The number of carboxylic acid groups (broad SMARTS) is 1. The van der Waals surface area contributed by atoms with Crippen LogP contribution in [-0.2, 0) is 9.53 Å². The summed E-state index contributed by atoms with van der Waals surface area (Å²) in [4.78, 5) is 11.5.